The second-order valence-corrected chi connectivity index (χ2v) is 7.74. The van der Waals surface area contributed by atoms with Gasteiger partial charge >= 0.3 is 0 Å². The van der Waals surface area contributed by atoms with Crippen LogP contribution in [0.3, 0.4) is 0 Å². The SMILES string of the molecule is COc1ccc(NC(=O)[C@H]2CCCN(C(=O)c3cc(-c4cccnc4)n[nH]3)C2)cc1Cl. The largest absolute Gasteiger partial charge is 0.495 e. The van der Waals surface area contributed by atoms with Gasteiger partial charge in [-0.25, -0.2) is 0 Å². The van der Waals surface area contributed by atoms with E-state index in [-0.39, 0.29) is 17.7 Å². The van der Waals surface area contributed by atoms with Gasteiger partial charge in [-0.15, -0.1) is 0 Å². The molecule has 1 aromatic carbocycles. The van der Waals surface area contributed by atoms with E-state index in [9.17, 15) is 9.59 Å². The molecular formula is C22H22ClN5O3. The summed E-state index contributed by atoms with van der Waals surface area (Å²) in [6.07, 6.45) is 4.83. The van der Waals surface area contributed by atoms with Gasteiger partial charge in [0.15, 0.2) is 0 Å². The first-order valence-electron chi connectivity index (χ1n) is 9.94. The molecule has 1 fully saturated rings. The fourth-order valence-corrected chi connectivity index (χ4v) is 3.89. The van der Waals surface area contributed by atoms with Crippen LogP contribution < -0.4 is 10.1 Å². The monoisotopic (exact) mass is 439 g/mol. The Balaban J connectivity index is 1.41. The maximum Gasteiger partial charge on any atom is 0.271 e. The third-order valence-electron chi connectivity index (χ3n) is 5.26. The standard InChI is InChI=1S/C22H22ClN5O3/c1-31-20-7-6-16(10-17(20)23)25-21(29)15-5-3-9-28(13-15)22(30)19-11-18(26-27-19)14-4-2-8-24-12-14/h2,4,6-8,10-12,15H,3,5,9,13H2,1H3,(H,25,29)(H,26,27)/t15-/m0/s1. The number of benzene rings is 1. The van der Waals surface area contributed by atoms with Crippen molar-refractivity contribution in [2.45, 2.75) is 12.8 Å². The molecule has 0 radical (unpaired) electrons. The summed E-state index contributed by atoms with van der Waals surface area (Å²) < 4.78 is 5.13. The number of H-pyrrole nitrogens is 1. The number of likely N-dealkylation sites (tertiary alicyclic amines) is 1. The lowest BCUT2D eigenvalue weighted by molar-refractivity contribution is -0.121. The summed E-state index contributed by atoms with van der Waals surface area (Å²) in [4.78, 5) is 31.5. The van der Waals surface area contributed by atoms with Crippen molar-refractivity contribution < 1.29 is 14.3 Å². The van der Waals surface area contributed by atoms with Crippen LogP contribution in [-0.2, 0) is 4.79 Å². The Labute approximate surface area is 184 Å². The van der Waals surface area contributed by atoms with E-state index in [0.717, 1.165) is 12.0 Å². The number of aromatic nitrogens is 3. The van der Waals surface area contributed by atoms with Crippen molar-refractivity contribution in [1.29, 1.82) is 0 Å². The molecule has 8 nitrogen and oxygen atoms in total. The van der Waals surface area contributed by atoms with Crippen LogP contribution in [0.15, 0.2) is 48.8 Å². The fraction of sp³-hybridized carbons (Fsp3) is 0.273. The zero-order valence-electron chi connectivity index (χ0n) is 17.0. The van der Waals surface area contributed by atoms with Gasteiger partial charge in [0.05, 0.1) is 23.7 Å². The fourth-order valence-electron chi connectivity index (χ4n) is 3.63. The predicted octanol–water partition coefficient (Wildman–Crippen LogP) is 3.62. The Morgan fingerprint density at radius 3 is 2.90 bits per heavy atom. The van der Waals surface area contributed by atoms with Gasteiger partial charge in [0.2, 0.25) is 5.91 Å². The molecule has 2 N–H and O–H groups in total. The molecule has 0 bridgehead atoms. The first-order valence-corrected chi connectivity index (χ1v) is 10.3. The number of hydrogen-bond acceptors (Lipinski definition) is 5. The van der Waals surface area contributed by atoms with Crippen molar-refractivity contribution in [3.05, 3.63) is 59.5 Å². The van der Waals surface area contributed by atoms with Crippen molar-refractivity contribution in [3.8, 4) is 17.0 Å². The van der Waals surface area contributed by atoms with Crippen LogP contribution in [0.1, 0.15) is 23.3 Å². The molecule has 1 atom stereocenters. The Kier molecular flexibility index (Phi) is 6.18. The van der Waals surface area contributed by atoms with E-state index in [1.54, 1.807) is 41.6 Å². The number of amides is 2. The predicted molar refractivity (Wildman–Crippen MR) is 117 cm³/mol. The Morgan fingerprint density at radius 2 is 2.16 bits per heavy atom. The van der Waals surface area contributed by atoms with Crippen LogP contribution in [0, 0.1) is 5.92 Å². The van der Waals surface area contributed by atoms with Crippen molar-refractivity contribution in [3.63, 3.8) is 0 Å². The van der Waals surface area contributed by atoms with Gasteiger partial charge < -0.3 is 15.0 Å². The highest BCUT2D eigenvalue weighted by Gasteiger charge is 2.30. The number of piperidine rings is 1. The van der Waals surface area contributed by atoms with E-state index >= 15 is 0 Å². The normalized spacial score (nSPS) is 16.1. The number of halogens is 1. The molecule has 9 heteroatoms. The van der Waals surface area contributed by atoms with Gasteiger partial charge in [-0.2, -0.15) is 5.10 Å². The van der Waals surface area contributed by atoms with Crippen LogP contribution in [0.4, 0.5) is 5.69 Å². The summed E-state index contributed by atoms with van der Waals surface area (Å²) in [5, 5.41) is 10.3. The average molecular weight is 440 g/mol. The molecule has 0 saturated carbocycles. The zero-order chi connectivity index (χ0) is 21.8. The molecule has 0 aliphatic carbocycles. The van der Waals surface area contributed by atoms with Crippen molar-refractivity contribution in [2.75, 3.05) is 25.5 Å². The number of nitrogens with zero attached hydrogens (tertiary/aromatic N) is 3. The highest BCUT2D eigenvalue weighted by atomic mass is 35.5. The number of hydrogen-bond donors (Lipinski definition) is 2. The van der Waals surface area contributed by atoms with E-state index in [1.807, 2.05) is 12.1 Å². The number of carbonyl (C=O) groups excluding carboxylic acids is 2. The zero-order valence-corrected chi connectivity index (χ0v) is 17.7. The molecule has 0 unspecified atom stereocenters. The molecule has 1 aliphatic heterocycles. The highest BCUT2D eigenvalue weighted by Crippen LogP contribution is 2.28. The van der Waals surface area contributed by atoms with Gasteiger partial charge in [-0.1, -0.05) is 11.6 Å². The maximum atomic E-state index is 13.0. The lowest BCUT2D eigenvalue weighted by atomic mass is 9.96. The van der Waals surface area contributed by atoms with Gasteiger partial charge in [0, 0.05) is 36.7 Å². The molecule has 2 amide bonds. The van der Waals surface area contributed by atoms with Crippen LogP contribution in [0.2, 0.25) is 5.02 Å². The van der Waals surface area contributed by atoms with Gasteiger partial charge in [0.1, 0.15) is 11.4 Å². The number of carbonyl (C=O) groups is 2. The minimum Gasteiger partial charge on any atom is -0.495 e. The van der Waals surface area contributed by atoms with Gasteiger partial charge in [-0.05, 0) is 49.2 Å². The highest BCUT2D eigenvalue weighted by molar-refractivity contribution is 6.32. The molecular weight excluding hydrogens is 418 g/mol. The van der Waals surface area contributed by atoms with Crippen LogP contribution >= 0.6 is 11.6 Å². The lowest BCUT2D eigenvalue weighted by Crippen LogP contribution is -2.43. The third kappa shape index (κ3) is 4.69. The quantitative estimate of drug-likeness (QED) is 0.632. The number of nitrogens with one attached hydrogen (secondary N) is 2. The van der Waals surface area contributed by atoms with Crippen molar-refractivity contribution in [1.82, 2.24) is 20.1 Å². The van der Waals surface area contributed by atoms with E-state index < -0.39 is 0 Å². The van der Waals surface area contributed by atoms with Crippen LogP contribution in [0.25, 0.3) is 11.3 Å². The summed E-state index contributed by atoms with van der Waals surface area (Å²) >= 11 is 6.14. The van der Waals surface area contributed by atoms with Gasteiger partial charge in [-0.3, -0.25) is 19.7 Å². The number of aromatic amines is 1. The van der Waals surface area contributed by atoms with Crippen molar-refractivity contribution >= 4 is 29.1 Å². The first-order chi connectivity index (χ1) is 15.0. The Morgan fingerprint density at radius 1 is 1.29 bits per heavy atom. The second kappa shape index (κ2) is 9.18. The Bertz CT molecular complexity index is 1090. The molecule has 31 heavy (non-hydrogen) atoms. The number of ether oxygens (including phenoxy) is 1. The molecule has 160 valence electrons. The smallest absolute Gasteiger partial charge is 0.271 e. The first kappa shape index (κ1) is 20.9. The number of rotatable bonds is 5. The van der Waals surface area contributed by atoms with Gasteiger partial charge in [0.25, 0.3) is 5.91 Å². The van der Waals surface area contributed by atoms with E-state index in [1.165, 1.54) is 7.11 Å². The molecule has 4 rings (SSSR count). The lowest BCUT2D eigenvalue weighted by Gasteiger charge is -2.31. The number of anilines is 1. The van der Waals surface area contributed by atoms with Crippen LogP contribution in [-0.4, -0.2) is 52.1 Å². The molecule has 0 spiro atoms. The second-order valence-electron chi connectivity index (χ2n) is 7.34. The molecule has 3 aromatic rings. The van der Waals surface area contributed by atoms with Crippen molar-refractivity contribution in [2.24, 2.45) is 5.92 Å². The number of methoxy groups -OCH3 is 1. The summed E-state index contributed by atoms with van der Waals surface area (Å²) in [7, 11) is 1.53. The topological polar surface area (TPSA) is 100 Å². The molecule has 1 aliphatic rings. The molecule has 2 aromatic heterocycles. The summed E-state index contributed by atoms with van der Waals surface area (Å²) in [6, 6.07) is 10.5. The molecule has 1 saturated heterocycles. The summed E-state index contributed by atoms with van der Waals surface area (Å²) in [6.45, 7) is 0.939. The summed E-state index contributed by atoms with van der Waals surface area (Å²) in [5.41, 5.74) is 2.46. The summed E-state index contributed by atoms with van der Waals surface area (Å²) in [5.74, 6) is -0.0781. The van der Waals surface area contributed by atoms with E-state index in [0.29, 0.717) is 47.4 Å². The minimum atomic E-state index is -0.306. The average Bonchev–Trinajstić information content (AvgIpc) is 3.30. The van der Waals surface area contributed by atoms with E-state index in [4.69, 9.17) is 16.3 Å². The molecule has 3 heterocycles. The third-order valence-corrected chi connectivity index (χ3v) is 5.56. The maximum absolute atomic E-state index is 13.0. The van der Waals surface area contributed by atoms with E-state index in [2.05, 4.69) is 20.5 Å². The number of pyridine rings is 1. The minimum absolute atomic E-state index is 0.139. The van der Waals surface area contributed by atoms with Crippen LogP contribution in [0.5, 0.6) is 5.75 Å². The Hall–Kier alpha value is -3.39.